The number of amides is 1. The molecule has 7 nitrogen and oxygen atoms in total. The van der Waals surface area contributed by atoms with Crippen LogP contribution in [0, 0.1) is 6.92 Å². The van der Waals surface area contributed by atoms with Gasteiger partial charge in [-0.05, 0) is 38.0 Å². The molecule has 2 unspecified atom stereocenters. The molecule has 1 aromatic carbocycles. The third-order valence-corrected chi connectivity index (χ3v) is 7.66. The number of ether oxygens (including phenoxy) is 1. The average Bonchev–Trinajstić information content (AvgIpc) is 3.09. The summed E-state index contributed by atoms with van der Waals surface area (Å²) >= 11 is 1.47. The zero-order chi connectivity index (χ0) is 19.4. The first-order valence-electron chi connectivity index (χ1n) is 9.06. The number of amidine groups is 1. The molecular weight excluding hydrogens is 386 g/mol. The van der Waals surface area contributed by atoms with Gasteiger partial charge >= 0.3 is 0 Å². The minimum absolute atomic E-state index is 0.00497. The van der Waals surface area contributed by atoms with Crippen molar-refractivity contribution in [2.45, 2.75) is 31.6 Å². The Kier molecular flexibility index (Phi) is 6.44. The van der Waals surface area contributed by atoms with E-state index in [0.717, 1.165) is 22.8 Å². The summed E-state index contributed by atoms with van der Waals surface area (Å²) < 4.78 is 28.6. The lowest BCUT2D eigenvalue weighted by Gasteiger charge is -2.12. The molecule has 0 radical (unpaired) electrons. The molecule has 0 aliphatic carbocycles. The number of fused-ring (bicyclic) bond motifs is 1. The molecule has 3 rings (SSSR count). The Morgan fingerprint density at radius 2 is 2.19 bits per heavy atom. The quantitative estimate of drug-likeness (QED) is 0.665. The first-order chi connectivity index (χ1) is 12.9. The van der Waals surface area contributed by atoms with Gasteiger partial charge in [0.1, 0.15) is 0 Å². The predicted octanol–water partition coefficient (Wildman–Crippen LogP) is 1.83. The highest BCUT2D eigenvalue weighted by molar-refractivity contribution is 8.15. The Morgan fingerprint density at radius 3 is 2.93 bits per heavy atom. The minimum atomic E-state index is -2.96. The lowest BCUT2D eigenvalue weighted by atomic mass is 10.1. The Bertz CT molecular complexity index is 839. The van der Waals surface area contributed by atoms with Crippen LogP contribution in [0.1, 0.15) is 29.3 Å². The number of hydrogen-bond donors (Lipinski definition) is 2. The molecule has 0 bridgehead atoms. The van der Waals surface area contributed by atoms with E-state index in [1.54, 1.807) is 12.1 Å². The number of sulfone groups is 1. The summed E-state index contributed by atoms with van der Waals surface area (Å²) in [6.07, 6.45) is 0.773. The van der Waals surface area contributed by atoms with E-state index in [1.165, 1.54) is 11.8 Å². The van der Waals surface area contributed by atoms with E-state index in [9.17, 15) is 13.2 Å². The van der Waals surface area contributed by atoms with Crippen LogP contribution in [0.4, 0.5) is 5.69 Å². The molecule has 2 aliphatic rings. The summed E-state index contributed by atoms with van der Waals surface area (Å²) in [7, 11) is -2.96. The second-order valence-corrected chi connectivity index (χ2v) is 10.1. The lowest BCUT2D eigenvalue weighted by molar-refractivity contribution is 0.0944. The normalized spacial score (nSPS) is 23.0. The number of carbonyl (C=O) groups is 1. The number of nitrogens with one attached hydrogen (secondary N) is 2. The van der Waals surface area contributed by atoms with Crippen LogP contribution in [0.3, 0.4) is 0 Å². The first-order valence-corrected chi connectivity index (χ1v) is 11.8. The monoisotopic (exact) mass is 411 g/mol. The molecule has 148 valence electrons. The molecule has 2 N–H and O–H groups in total. The van der Waals surface area contributed by atoms with Crippen LogP contribution in [0.15, 0.2) is 23.2 Å². The molecular formula is C18H25N3O4S2. The number of nitrogens with zero attached hydrogens (tertiary/aromatic N) is 1. The number of hydrogen-bond acceptors (Lipinski definition) is 7. The van der Waals surface area contributed by atoms with Crippen molar-refractivity contribution in [2.24, 2.45) is 4.99 Å². The van der Waals surface area contributed by atoms with Crippen LogP contribution >= 0.6 is 11.8 Å². The molecule has 2 atom stereocenters. The van der Waals surface area contributed by atoms with Gasteiger partial charge in [-0.25, -0.2) is 8.42 Å². The van der Waals surface area contributed by atoms with Gasteiger partial charge in [0.15, 0.2) is 15.0 Å². The Balaban J connectivity index is 1.60. The van der Waals surface area contributed by atoms with E-state index in [1.807, 2.05) is 19.9 Å². The molecule has 0 saturated carbocycles. The van der Waals surface area contributed by atoms with E-state index < -0.39 is 9.84 Å². The highest BCUT2D eigenvalue weighted by atomic mass is 32.2. The summed E-state index contributed by atoms with van der Waals surface area (Å²) in [5.41, 5.74) is 2.38. The van der Waals surface area contributed by atoms with E-state index in [-0.39, 0.29) is 28.7 Å². The number of rotatable bonds is 7. The summed E-state index contributed by atoms with van der Waals surface area (Å²) in [5.74, 6) is 0.178. The number of aliphatic imine (C=N–C) groups is 1. The van der Waals surface area contributed by atoms with Crippen molar-refractivity contribution in [3.8, 4) is 0 Å². The van der Waals surface area contributed by atoms with Crippen LogP contribution in [-0.2, 0) is 14.6 Å². The maximum atomic E-state index is 12.3. The van der Waals surface area contributed by atoms with Gasteiger partial charge < -0.3 is 15.4 Å². The Morgan fingerprint density at radius 1 is 1.37 bits per heavy atom. The molecule has 1 aromatic rings. The van der Waals surface area contributed by atoms with E-state index in [2.05, 4.69) is 15.6 Å². The number of aryl methyl sites for hydroxylation is 1. The van der Waals surface area contributed by atoms with Crippen molar-refractivity contribution in [1.29, 1.82) is 0 Å². The second-order valence-electron chi connectivity index (χ2n) is 6.70. The highest BCUT2D eigenvalue weighted by Gasteiger charge is 2.42. The fourth-order valence-electron chi connectivity index (χ4n) is 3.05. The zero-order valence-electron chi connectivity index (χ0n) is 15.5. The number of anilines is 1. The minimum Gasteiger partial charge on any atom is -0.382 e. The molecule has 1 saturated heterocycles. The van der Waals surface area contributed by atoms with Gasteiger partial charge in [0.05, 0.1) is 17.5 Å². The molecule has 0 aromatic heterocycles. The van der Waals surface area contributed by atoms with Crippen molar-refractivity contribution in [3.63, 3.8) is 0 Å². The fraction of sp³-hybridized carbons (Fsp3) is 0.556. The molecule has 9 heteroatoms. The van der Waals surface area contributed by atoms with Crippen molar-refractivity contribution in [1.82, 2.24) is 5.32 Å². The van der Waals surface area contributed by atoms with E-state index in [4.69, 9.17) is 4.74 Å². The van der Waals surface area contributed by atoms with Crippen molar-refractivity contribution < 1.29 is 17.9 Å². The van der Waals surface area contributed by atoms with Crippen molar-refractivity contribution in [2.75, 3.05) is 36.6 Å². The van der Waals surface area contributed by atoms with Gasteiger partial charge in [-0.2, -0.15) is 0 Å². The maximum Gasteiger partial charge on any atom is 0.251 e. The number of thioether (sulfide) groups is 1. The number of benzene rings is 1. The SMILES string of the molecule is CCOCCCNC(=O)c1ccc(C)c(NC2=NC3CS(=O)(=O)CC3S2)c1. The van der Waals surface area contributed by atoms with Gasteiger partial charge in [0.25, 0.3) is 5.91 Å². The summed E-state index contributed by atoms with van der Waals surface area (Å²) in [4.78, 5) is 16.8. The van der Waals surface area contributed by atoms with Crippen molar-refractivity contribution in [3.05, 3.63) is 29.3 Å². The fourth-order valence-corrected chi connectivity index (χ4v) is 6.72. The molecule has 2 heterocycles. The van der Waals surface area contributed by atoms with Gasteiger partial charge in [0, 0.05) is 36.3 Å². The van der Waals surface area contributed by atoms with Crippen LogP contribution in [0.2, 0.25) is 0 Å². The lowest BCUT2D eigenvalue weighted by Crippen LogP contribution is -2.25. The van der Waals surface area contributed by atoms with Crippen molar-refractivity contribution >= 4 is 38.4 Å². The molecule has 27 heavy (non-hydrogen) atoms. The summed E-state index contributed by atoms with van der Waals surface area (Å²) in [6, 6.07) is 5.33. The maximum absolute atomic E-state index is 12.3. The first kappa shape index (κ1) is 20.2. The smallest absolute Gasteiger partial charge is 0.251 e. The Labute approximate surface area is 164 Å². The van der Waals surface area contributed by atoms with E-state index >= 15 is 0 Å². The molecule has 0 spiro atoms. The summed E-state index contributed by atoms with van der Waals surface area (Å²) in [6.45, 7) is 5.77. The third kappa shape index (κ3) is 5.24. The standard InChI is InChI=1S/C18H25N3O4S2/c1-3-25-8-4-7-19-17(22)13-6-5-12(2)14(9-13)20-18-21-15-10-27(23,24)11-16(15)26-18/h5-6,9,15-16H,3-4,7-8,10-11H2,1-2H3,(H,19,22)(H,20,21). The van der Waals surface area contributed by atoms with Gasteiger partial charge in [-0.15, -0.1) is 0 Å². The van der Waals surface area contributed by atoms with Gasteiger partial charge in [0.2, 0.25) is 0 Å². The second kappa shape index (κ2) is 8.62. The molecule has 2 aliphatic heterocycles. The predicted molar refractivity (Wildman–Crippen MR) is 110 cm³/mol. The van der Waals surface area contributed by atoms with Crippen LogP contribution in [0.5, 0.6) is 0 Å². The Hall–Kier alpha value is -1.58. The summed E-state index contributed by atoms with van der Waals surface area (Å²) in [5, 5.41) is 6.87. The molecule has 1 fully saturated rings. The zero-order valence-corrected chi connectivity index (χ0v) is 17.2. The third-order valence-electron chi connectivity index (χ3n) is 4.51. The van der Waals surface area contributed by atoms with Gasteiger partial charge in [-0.3, -0.25) is 9.79 Å². The topological polar surface area (TPSA) is 96.9 Å². The van der Waals surface area contributed by atoms with Crippen LogP contribution in [0.25, 0.3) is 0 Å². The molecule has 1 amide bonds. The number of carbonyl (C=O) groups excluding carboxylic acids is 1. The van der Waals surface area contributed by atoms with E-state index in [0.29, 0.717) is 25.3 Å². The largest absolute Gasteiger partial charge is 0.382 e. The highest BCUT2D eigenvalue weighted by Crippen LogP contribution is 2.35. The average molecular weight is 412 g/mol. The van der Waals surface area contributed by atoms with Crippen LogP contribution in [-0.4, -0.2) is 62.0 Å². The van der Waals surface area contributed by atoms with Gasteiger partial charge in [-0.1, -0.05) is 17.8 Å². The van der Waals surface area contributed by atoms with Crippen LogP contribution < -0.4 is 10.6 Å².